The van der Waals surface area contributed by atoms with Crippen molar-refractivity contribution in [3.63, 3.8) is 0 Å². The number of fused-ring (bicyclic) bond motifs is 1. The van der Waals surface area contributed by atoms with Crippen LogP contribution >= 0.6 is 11.6 Å². The van der Waals surface area contributed by atoms with Gasteiger partial charge in [0.1, 0.15) is 6.29 Å². The van der Waals surface area contributed by atoms with E-state index in [9.17, 15) is 18.0 Å². The maximum Gasteiger partial charge on any atom is 0.240 e. The number of hydrogen-bond donors (Lipinski definition) is 1. The van der Waals surface area contributed by atoms with Crippen molar-refractivity contribution in [2.75, 3.05) is 39.0 Å². The number of carbonyl (C=O) groups excluding carboxylic acids is 2. The molecule has 42 heavy (non-hydrogen) atoms. The summed E-state index contributed by atoms with van der Waals surface area (Å²) in [4.78, 5) is 32.7. The molecule has 1 amide bonds. The van der Waals surface area contributed by atoms with Gasteiger partial charge in [-0.3, -0.25) is 14.6 Å². The number of carbonyl (C=O) groups is 2. The molecule has 2 fully saturated rings. The Labute approximate surface area is 255 Å². The van der Waals surface area contributed by atoms with Crippen molar-refractivity contribution in [2.45, 2.75) is 69.6 Å². The first-order chi connectivity index (χ1) is 20.2. The van der Waals surface area contributed by atoms with Crippen LogP contribution in [0.4, 0.5) is 0 Å². The molecular weight excluding hydrogens is 572 g/mol. The van der Waals surface area contributed by atoms with Gasteiger partial charge in [0.05, 0.1) is 12.3 Å². The van der Waals surface area contributed by atoms with E-state index in [2.05, 4.69) is 26.7 Å². The van der Waals surface area contributed by atoms with Crippen LogP contribution in [-0.4, -0.2) is 86.4 Å². The second-order valence-corrected chi connectivity index (χ2v) is 14.4. The second kappa shape index (κ2) is 14.0. The normalized spacial score (nSPS) is 22.0. The monoisotopic (exact) mass is 614 g/mol. The largest absolute Gasteiger partial charge is 0.339 e. The average molecular weight is 615 g/mol. The van der Waals surface area contributed by atoms with Crippen LogP contribution in [0.1, 0.15) is 61.3 Å². The van der Waals surface area contributed by atoms with E-state index in [0.29, 0.717) is 63.1 Å². The Morgan fingerprint density at radius 1 is 1.02 bits per heavy atom. The zero-order chi connectivity index (χ0) is 29.7. The van der Waals surface area contributed by atoms with E-state index in [1.165, 1.54) is 25.5 Å². The predicted octanol–water partition coefficient (Wildman–Crippen LogP) is 4.04. The van der Waals surface area contributed by atoms with Crippen LogP contribution in [0.3, 0.4) is 0 Å². The van der Waals surface area contributed by atoms with Gasteiger partial charge in [-0.05, 0) is 54.0 Å². The summed E-state index contributed by atoms with van der Waals surface area (Å²) >= 11 is 6.16. The van der Waals surface area contributed by atoms with Gasteiger partial charge < -0.3 is 9.69 Å². The average Bonchev–Trinajstić information content (AvgIpc) is 3.35. The van der Waals surface area contributed by atoms with Gasteiger partial charge in [-0.15, -0.1) is 0 Å². The molecule has 8 nitrogen and oxygen atoms in total. The van der Waals surface area contributed by atoms with Crippen LogP contribution in [0.15, 0.2) is 48.5 Å². The van der Waals surface area contributed by atoms with Crippen LogP contribution in [0.25, 0.3) is 0 Å². The number of hydrogen-bond acceptors (Lipinski definition) is 6. The molecule has 3 aliphatic rings. The summed E-state index contributed by atoms with van der Waals surface area (Å²) in [5.41, 5.74) is 3.32. The third-order valence-corrected chi connectivity index (χ3v) is 10.3. The van der Waals surface area contributed by atoms with Crippen molar-refractivity contribution in [2.24, 2.45) is 5.92 Å². The zero-order valence-corrected chi connectivity index (χ0v) is 26.0. The first-order valence-electron chi connectivity index (χ1n) is 15.2. The van der Waals surface area contributed by atoms with E-state index in [-0.39, 0.29) is 18.0 Å². The molecule has 2 aromatic carbocycles. The molecule has 2 heterocycles. The summed E-state index contributed by atoms with van der Waals surface area (Å²) < 4.78 is 26.7. The van der Waals surface area contributed by atoms with E-state index in [4.69, 9.17) is 11.6 Å². The summed E-state index contributed by atoms with van der Waals surface area (Å²) in [5, 5.41) is 0.656. The first-order valence-corrected chi connectivity index (χ1v) is 17.5. The van der Waals surface area contributed by atoms with Gasteiger partial charge in [-0.25, -0.2) is 13.1 Å². The number of nitrogens with zero attached hydrogens (tertiary/aromatic N) is 3. The van der Waals surface area contributed by atoms with E-state index in [0.717, 1.165) is 35.8 Å². The van der Waals surface area contributed by atoms with Gasteiger partial charge in [0.2, 0.25) is 15.9 Å². The number of piperazine rings is 1. The molecule has 2 aliphatic heterocycles. The SMILES string of the molecule is CS(=O)(=O)NCC(C1CCCCC1)N1CCN(C(=O)C(Cc2ccc(Cl)cc2)N2Cc3ccccc3C2CC=O)CC1. The van der Waals surface area contributed by atoms with E-state index >= 15 is 0 Å². The molecule has 1 saturated heterocycles. The van der Waals surface area contributed by atoms with Crippen molar-refractivity contribution in [3.8, 4) is 0 Å². The molecule has 228 valence electrons. The second-order valence-electron chi connectivity index (χ2n) is 12.1. The smallest absolute Gasteiger partial charge is 0.240 e. The lowest BCUT2D eigenvalue weighted by Gasteiger charge is -2.44. The van der Waals surface area contributed by atoms with Crippen LogP contribution in [0.5, 0.6) is 0 Å². The Morgan fingerprint density at radius 3 is 2.38 bits per heavy atom. The molecule has 0 radical (unpaired) electrons. The number of rotatable bonds is 11. The summed E-state index contributed by atoms with van der Waals surface area (Å²) in [6.45, 7) is 3.65. The highest BCUT2D eigenvalue weighted by Gasteiger charge is 2.40. The summed E-state index contributed by atoms with van der Waals surface area (Å²) in [5.74, 6) is 0.539. The summed E-state index contributed by atoms with van der Waals surface area (Å²) in [6, 6.07) is 15.4. The molecule has 5 rings (SSSR count). The van der Waals surface area contributed by atoms with Gasteiger partial charge in [0, 0.05) is 62.8 Å². The Hall–Kier alpha value is -2.30. The number of sulfonamides is 1. The maximum atomic E-state index is 14.4. The van der Waals surface area contributed by atoms with Gasteiger partial charge in [-0.2, -0.15) is 0 Å². The number of nitrogens with one attached hydrogen (secondary N) is 1. The Bertz CT molecular complexity index is 1320. The molecular formula is C32H43ClN4O4S. The molecule has 3 atom stereocenters. The van der Waals surface area contributed by atoms with E-state index in [1.807, 2.05) is 41.3 Å². The van der Waals surface area contributed by atoms with Crippen LogP contribution in [0, 0.1) is 5.92 Å². The molecule has 0 spiro atoms. The number of benzene rings is 2. The van der Waals surface area contributed by atoms with Gasteiger partial charge in [0.15, 0.2) is 0 Å². The third-order valence-electron chi connectivity index (χ3n) is 9.36. The molecule has 3 unspecified atom stereocenters. The molecule has 0 bridgehead atoms. The highest BCUT2D eigenvalue weighted by molar-refractivity contribution is 7.88. The van der Waals surface area contributed by atoms with Crippen molar-refractivity contribution in [1.82, 2.24) is 19.4 Å². The fourth-order valence-corrected chi connectivity index (χ4v) is 7.79. The lowest BCUT2D eigenvalue weighted by molar-refractivity contribution is -0.140. The van der Waals surface area contributed by atoms with Crippen molar-refractivity contribution in [1.29, 1.82) is 0 Å². The number of aldehydes is 1. The molecule has 0 aromatic heterocycles. The van der Waals surface area contributed by atoms with Crippen LogP contribution in [0.2, 0.25) is 5.02 Å². The standard InChI is InChI=1S/C32H43ClN4O4S/c1-42(40,41)34-22-31(25-7-3-2-4-8-25)35-16-18-36(19-17-35)32(39)30(21-24-11-13-27(33)14-12-24)37-23-26-9-5-6-10-28(26)29(37)15-20-38/h5-6,9-14,20,25,29-31,34H,2-4,7-8,15-19,21-23H2,1H3. The highest BCUT2D eigenvalue weighted by Crippen LogP contribution is 2.38. The number of halogens is 1. The first kappa shape index (κ1) is 31.1. The lowest BCUT2D eigenvalue weighted by Crippen LogP contribution is -2.59. The summed E-state index contributed by atoms with van der Waals surface area (Å²) in [6.07, 6.45) is 8.89. The minimum Gasteiger partial charge on any atom is -0.339 e. The fourth-order valence-electron chi connectivity index (χ4n) is 7.19. The molecule has 1 N–H and O–H groups in total. The van der Waals surface area contributed by atoms with Gasteiger partial charge >= 0.3 is 0 Å². The Morgan fingerprint density at radius 2 is 1.71 bits per heavy atom. The third kappa shape index (κ3) is 7.61. The molecule has 1 saturated carbocycles. The molecule has 10 heteroatoms. The summed E-state index contributed by atoms with van der Waals surface area (Å²) in [7, 11) is -3.29. The lowest BCUT2D eigenvalue weighted by atomic mass is 9.83. The molecule has 1 aliphatic carbocycles. The zero-order valence-electron chi connectivity index (χ0n) is 24.5. The minimum absolute atomic E-state index is 0.0804. The Kier molecular flexibility index (Phi) is 10.4. The van der Waals surface area contributed by atoms with Crippen LogP contribution < -0.4 is 4.72 Å². The fraction of sp³-hybridized carbons (Fsp3) is 0.562. The van der Waals surface area contributed by atoms with Crippen molar-refractivity contribution in [3.05, 3.63) is 70.2 Å². The highest BCUT2D eigenvalue weighted by atomic mass is 35.5. The Balaban J connectivity index is 1.33. The van der Waals surface area contributed by atoms with Crippen molar-refractivity contribution < 1.29 is 18.0 Å². The van der Waals surface area contributed by atoms with Crippen LogP contribution in [-0.2, 0) is 32.6 Å². The minimum atomic E-state index is -3.29. The van der Waals surface area contributed by atoms with E-state index < -0.39 is 16.1 Å². The quantitative estimate of drug-likeness (QED) is 0.384. The van der Waals surface area contributed by atoms with Crippen molar-refractivity contribution >= 4 is 33.8 Å². The van der Waals surface area contributed by atoms with Gasteiger partial charge in [0.25, 0.3) is 0 Å². The number of amides is 1. The topological polar surface area (TPSA) is 90.0 Å². The van der Waals surface area contributed by atoms with E-state index in [1.54, 1.807) is 0 Å². The maximum absolute atomic E-state index is 14.4. The van der Waals surface area contributed by atoms with Gasteiger partial charge in [-0.1, -0.05) is 67.3 Å². The molecule has 2 aromatic rings. The predicted molar refractivity (Wildman–Crippen MR) is 166 cm³/mol.